The summed E-state index contributed by atoms with van der Waals surface area (Å²) in [6.45, 7) is 1.89. The predicted molar refractivity (Wildman–Crippen MR) is 65.5 cm³/mol. The van der Waals surface area contributed by atoms with E-state index in [1.165, 1.54) is 11.1 Å². The summed E-state index contributed by atoms with van der Waals surface area (Å²) in [5, 5.41) is 9.45. The molecule has 1 heterocycles. The summed E-state index contributed by atoms with van der Waals surface area (Å²) in [7, 11) is 5.37. The van der Waals surface area contributed by atoms with Gasteiger partial charge in [-0.05, 0) is 30.7 Å². The first-order valence-corrected chi connectivity index (χ1v) is 5.76. The van der Waals surface area contributed by atoms with Crippen molar-refractivity contribution in [2.75, 3.05) is 27.8 Å². The second kappa shape index (κ2) is 4.94. The molecular formula is C13H19NO3. The Balaban J connectivity index is 2.58. The molecule has 0 atom stereocenters. The third-order valence-electron chi connectivity index (χ3n) is 3.32. The Morgan fingerprint density at radius 1 is 1.29 bits per heavy atom. The molecule has 0 saturated heterocycles. The van der Waals surface area contributed by atoms with Gasteiger partial charge in [-0.15, -0.1) is 0 Å². The minimum absolute atomic E-state index is 0.0382. The summed E-state index contributed by atoms with van der Waals surface area (Å²) in [4.78, 5) is 2.24. The van der Waals surface area contributed by atoms with Crippen LogP contribution in [-0.4, -0.2) is 37.8 Å². The number of aliphatic hydroxyl groups is 1. The van der Waals surface area contributed by atoms with Crippen molar-refractivity contribution in [2.45, 2.75) is 19.6 Å². The maximum atomic E-state index is 9.45. The van der Waals surface area contributed by atoms with E-state index in [1.54, 1.807) is 14.2 Å². The molecule has 4 nitrogen and oxygen atoms in total. The molecule has 0 radical (unpaired) electrons. The van der Waals surface area contributed by atoms with E-state index in [-0.39, 0.29) is 6.61 Å². The minimum atomic E-state index is 0.0382. The first kappa shape index (κ1) is 12.2. The zero-order chi connectivity index (χ0) is 12.4. The lowest BCUT2D eigenvalue weighted by molar-refractivity contribution is 0.265. The maximum Gasteiger partial charge on any atom is 0.164 e. The molecule has 0 amide bonds. The molecule has 0 bridgehead atoms. The van der Waals surface area contributed by atoms with Crippen molar-refractivity contribution in [3.63, 3.8) is 0 Å². The van der Waals surface area contributed by atoms with E-state index in [0.29, 0.717) is 5.75 Å². The van der Waals surface area contributed by atoms with Crippen molar-refractivity contribution in [3.05, 3.63) is 22.8 Å². The molecular weight excluding hydrogens is 218 g/mol. The Hall–Kier alpha value is -1.26. The van der Waals surface area contributed by atoms with Crippen molar-refractivity contribution in [2.24, 2.45) is 0 Å². The van der Waals surface area contributed by atoms with Crippen molar-refractivity contribution in [1.29, 1.82) is 0 Å². The number of hydrogen-bond donors (Lipinski definition) is 1. The highest BCUT2D eigenvalue weighted by Crippen LogP contribution is 2.38. The van der Waals surface area contributed by atoms with Gasteiger partial charge in [-0.3, -0.25) is 0 Å². The number of hydrogen-bond acceptors (Lipinski definition) is 4. The standard InChI is InChI=1S/C13H19NO3/c1-14-5-4-10-11(7-14)9(8-15)6-12(16-2)13(10)17-3/h6,15H,4-5,7-8H2,1-3H3. The van der Waals surface area contributed by atoms with Crippen molar-refractivity contribution >= 4 is 0 Å². The lowest BCUT2D eigenvalue weighted by atomic mass is 9.93. The fourth-order valence-corrected chi connectivity index (χ4v) is 2.42. The summed E-state index contributed by atoms with van der Waals surface area (Å²) in [5.74, 6) is 1.52. The van der Waals surface area contributed by atoms with Crippen LogP contribution in [0.25, 0.3) is 0 Å². The molecule has 1 aromatic rings. The number of likely N-dealkylation sites (N-methyl/N-ethyl adjacent to an activating group) is 1. The molecule has 1 aromatic carbocycles. The third kappa shape index (κ3) is 2.10. The van der Waals surface area contributed by atoms with Crippen LogP contribution < -0.4 is 9.47 Å². The van der Waals surface area contributed by atoms with Crippen LogP contribution >= 0.6 is 0 Å². The van der Waals surface area contributed by atoms with Gasteiger partial charge in [0.1, 0.15) is 0 Å². The number of fused-ring (bicyclic) bond motifs is 1. The third-order valence-corrected chi connectivity index (χ3v) is 3.32. The van der Waals surface area contributed by atoms with E-state index in [0.717, 1.165) is 30.8 Å². The second-order valence-corrected chi connectivity index (χ2v) is 4.37. The first-order chi connectivity index (χ1) is 8.21. The normalized spacial score (nSPS) is 15.5. The van der Waals surface area contributed by atoms with Gasteiger partial charge in [-0.25, -0.2) is 0 Å². The molecule has 1 aliphatic heterocycles. The quantitative estimate of drug-likeness (QED) is 0.857. The van der Waals surface area contributed by atoms with Crippen LogP contribution in [0.5, 0.6) is 11.5 Å². The molecule has 0 aliphatic carbocycles. The van der Waals surface area contributed by atoms with Crippen LogP contribution in [0.3, 0.4) is 0 Å². The van der Waals surface area contributed by atoms with Gasteiger partial charge in [0.05, 0.1) is 20.8 Å². The van der Waals surface area contributed by atoms with Gasteiger partial charge >= 0.3 is 0 Å². The van der Waals surface area contributed by atoms with E-state index < -0.39 is 0 Å². The summed E-state index contributed by atoms with van der Waals surface area (Å²) in [6, 6.07) is 1.87. The van der Waals surface area contributed by atoms with Crippen LogP contribution in [0.2, 0.25) is 0 Å². The number of aliphatic hydroxyl groups excluding tert-OH is 1. The van der Waals surface area contributed by atoms with Crippen LogP contribution in [-0.2, 0) is 19.6 Å². The van der Waals surface area contributed by atoms with Crippen LogP contribution in [0, 0.1) is 0 Å². The number of rotatable bonds is 3. The summed E-state index contributed by atoms with van der Waals surface area (Å²) in [6.07, 6.45) is 0.930. The van der Waals surface area contributed by atoms with E-state index in [4.69, 9.17) is 9.47 Å². The molecule has 17 heavy (non-hydrogen) atoms. The van der Waals surface area contributed by atoms with Crippen molar-refractivity contribution in [1.82, 2.24) is 4.90 Å². The van der Waals surface area contributed by atoms with Crippen molar-refractivity contribution in [3.8, 4) is 11.5 Å². The molecule has 0 saturated carbocycles. The van der Waals surface area contributed by atoms with Crippen LogP contribution in [0.15, 0.2) is 6.07 Å². The topological polar surface area (TPSA) is 41.9 Å². The molecule has 0 aromatic heterocycles. The zero-order valence-corrected chi connectivity index (χ0v) is 10.6. The average Bonchev–Trinajstić information content (AvgIpc) is 2.36. The summed E-state index contributed by atoms with van der Waals surface area (Å²) >= 11 is 0. The van der Waals surface area contributed by atoms with Gasteiger partial charge < -0.3 is 19.5 Å². The molecule has 94 valence electrons. The molecule has 0 spiro atoms. The molecule has 0 fully saturated rings. The Labute approximate surface area is 102 Å². The zero-order valence-electron chi connectivity index (χ0n) is 10.6. The van der Waals surface area contributed by atoms with E-state index in [9.17, 15) is 5.11 Å². The first-order valence-electron chi connectivity index (χ1n) is 5.76. The average molecular weight is 237 g/mol. The van der Waals surface area contributed by atoms with Crippen molar-refractivity contribution < 1.29 is 14.6 Å². The lowest BCUT2D eigenvalue weighted by Gasteiger charge is -2.29. The van der Waals surface area contributed by atoms with Gasteiger partial charge in [0.25, 0.3) is 0 Å². The summed E-state index contributed by atoms with van der Waals surface area (Å²) in [5.41, 5.74) is 3.29. The van der Waals surface area contributed by atoms with Crippen LogP contribution in [0.4, 0.5) is 0 Å². The van der Waals surface area contributed by atoms with Gasteiger partial charge in [-0.1, -0.05) is 0 Å². The monoisotopic (exact) mass is 237 g/mol. The molecule has 2 rings (SSSR count). The fourth-order valence-electron chi connectivity index (χ4n) is 2.42. The maximum absolute atomic E-state index is 9.45. The molecule has 1 aliphatic rings. The summed E-state index contributed by atoms with van der Waals surface area (Å²) < 4.78 is 10.8. The number of benzene rings is 1. The predicted octanol–water partition coefficient (Wildman–Crippen LogP) is 1.18. The van der Waals surface area contributed by atoms with Gasteiger partial charge in [-0.2, -0.15) is 0 Å². The van der Waals surface area contributed by atoms with E-state index in [2.05, 4.69) is 11.9 Å². The molecule has 0 unspecified atom stereocenters. The highest BCUT2D eigenvalue weighted by atomic mass is 16.5. The largest absolute Gasteiger partial charge is 0.493 e. The Bertz CT molecular complexity index is 418. The highest BCUT2D eigenvalue weighted by Gasteiger charge is 2.23. The number of methoxy groups -OCH3 is 2. The molecule has 4 heteroatoms. The smallest absolute Gasteiger partial charge is 0.164 e. The van der Waals surface area contributed by atoms with E-state index in [1.807, 2.05) is 6.07 Å². The second-order valence-electron chi connectivity index (χ2n) is 4.37. The number of nitrogens with zero attached hydrogens (tertiary/aromatic N) is 1. The van der Waals surface area contributed by atoms with Gasteiger partial charge in [0, 0.05) is 18.7 Å². The molecule has 1 N–H and O–H groups in total. The van der Waals surface area contributed by atoms with Gasteiger partial charge in [0.2, 0.25) is 0 Å². The van der Waals surface area contributed by atoms with E-state index >= 15 is 0 Å². The lowest BCUT2D eigenvalue weighted by Crippen LogP contribution is -2.28. The SMILES string of the molecule is COc1cc(CO)c2c(c1OC)CCN(C)C2. The minimum Gasteiger partial charge on any atom is -0.493 e. The van der Waals surface area contributed by atoms with Crippen LogP contribution in [0.1, 0.15) is 16.7 Å². The number of ether oxygens (including phenoxy) is 2. The van der Waals surface area contributed by atoms with Gasteiger partial charge in [0.15, 0.2) is 11.5 Å². The Kier molecular flexibility index (Phi) is 3.54. The Morgan fingerprint density at radius 2 is 2.06 bits per heavy atom. The fraction of sp³-hybridized carbons (Fsp3) is 0.538. The highest BCUT2D eigenvalue weighted by molar-refractivity contribution is 5.55. The Morgan fingerprint density at radius 3 is 2.65 bits per heavy atom.